The van der Waals surface area contributed by atoms with Gasteiger partial charge in [0.25, 0.3) is 0 Å². The summed E-state index contributed by atoms with van der Waals surface area (Å²) in [5, 5.41) is 1.76. The largest absolute Gasteiger partial charge is 0.317 e. The van der Waals surface area contributed by atoms with Gasteiger partial charge < -0.3 is 4.57 Å². The van der Waals surface area contributed by atoms with Crippen molar-refractivity contribution in [1.29, 1.82) is 0 Å². The first-order chi connectivity index (χ1) is 7.29. The van der Waals surface area contributed by atoms with Crippen molar-refractivity contribution < 1.29 is 4.57 Å². The number of benzene rings is 1. The van der Waals surface area contributed by atoms with Gasteiger partial charge in [-0.15, -0.1) is 0 Å². The van der Waals surface area contributed by atoms with Gasteiger partial charge in [-0.3, -0.25) is 0 Å². The second-order valence-corrected chi connectivity index (χ2v) is 4.85. The molecule has 1 aromatic carbocycles. The van der Waals surface area contributed by atoms with E-state index in [0.29, 0.717) is 0 Å². The number of hydrogen-bond donors (Lipinski definition) is 0. The minimum Gasteiger partial charge on any atom is -0.317 e. The summed E-state index contributed by atoms with van der Waals surface area (Å²) in [5.74, 6) is 0. The van der Waals surface area contributed by atoms with Crippen LogP contribution in [0.1, 0.15) is 6.92 Å². The van der Waals surface area contributed by atoms with E-state index in [1.54, 1.807) is 12.2 Å². The molecule has 0 saturated heterocycles. The Kier molecular flexibility index (Phi) is 4.86. The Hall–Kier alpha value is -1.33. The molecule has 15 heavy (non-hydrogen) atoms. The number of allylic oxidation sites excluding steroid dienone is 5. The number of hydrogen-bond acceptors (Lipinski definition) is 1. The van der Waals surface area contributed by atoms with Crippen LogP contribution in [-0.2, 0) is 4.57 Å². The third-order valence-corrected chi connectivity index (χ3v) is 3.86. The van der Waals surface area contributed by atoms with Crippen molar-refractivity contribution in [3.8, 4) is 0 Å². The summed E-state index contributed by atoms with van der Waals surface area (Å²) in [4.78, 5) is 0. The third kappa shape index (κ3) is 3.38. The Morgan fingerprint density at radius 2 is 2.00 bits per heavy atom. The van der Waals surface area contributed by atoms with Gasteiger partial charge in [0, 0.05) is 10.6 Å². The topological polar surface area (TPSA) is 17.1 Å². The molecule has 0 saturated carbocycles. The highest BCUT2D eigenvalue weighted by Crippen LogP contribution is 2.31. The summed E-state index contributed by atoms with van der Waals surface area (Å²) in [6, 6.07) is 9.53. The zero-order valence-corrected chi connectivity index (χ0v) is 9.81. The second-order valence-electron chi connectivity index (χ2n) is 3.03. The van der Waals surface area contributed by atoms with E-state index in [1.807, 2.05) is 49.4 Å². The molecule has 1 nitrogen and oxygen atoms in total. The van der Waals surface area contributed by atoms with Crippen molar-refractivity contribution in [2.75, 3.05) is 0 Å². The lowest BCUT2D eigenvalue weighted by Crippen LogP contribution is -1.94. The Morgan fingerprint density at radius 1 is 1.33 bits per heavy atom. The molecule has 0 aliphatic heterocycles. The first-order valence-electron chi connectivity index (χ1n) is 4.84. The molecule has 0 heterocycles. The van der Waals surface area contributed by atoms with Crippen LogP contribution in [0.3, 0.4) is 0 Å². The van der Waals surface area contributed by atoms with E-state index in [2.05, 4.69) is 6.58 Å². The predicted octanol–water partition coefficient (Wildman–Crippen LogP) is 3.52. The van der Waals surface area contributed by atoms with Gasteiger partial charge in [0.2, 0.25) is 0 Å². The molecule has 2 heteroatoms. The molecule has 1 atom stereocenters. The fourth-order valence-electron chi connectivity index (χ4n) is 1.23. The molecule has 1 aromatic rings. The van der Waals surface area contributed by atoms with Crippen LogP contribution in [0.5, 0.6) is 0 Å². The quantitative estimate of drug-likeness (QED) is 0.558. The lowest BCUT2D eigenvalue weighted by atomic mass is 10.4. The van der Waals surface area contributed by atoms with Crippen LogP contribution in [0.15, 0.2) is 66.5 Å². The molecule has 0 aliphatic rings. The van der Waals surface area contributed by atoms with Crippen molar-refractivity contribution >= 4 is 13.1 Å². The van der Waals surface area contributed by atoms with Gasteiger partial charge in [-0.2, -0.15) is 0 Å². The van der Waals surface area contributed by atoms with Crippen LogP contribution >= 0.6 is 7.80 Å². The number of rotatable bonds is 4. The van der Waals surface area contributed by atoms with E-state index in [9.17, 15) is 4.57 Å². The SMILES string of the molecule is C=C/C=C\C(=C/C)[PH](=O)c1ccccc1. The van der Waals surface area contributed by atoms with Crippen LogP contribution in [0.2, 0.25) is 0 Å². The Balaban J connectivity index is 2.93. The highest BCUT2D eigenvalue weighted by molar-refractivity contribution is 7.58. The average molecular weight is 218 g/mol. The first-order valence-corrected chi connectivity index (χ1v) is 6.25. The van der Waals surface area contributed by atoms with Crippen LogP contribution in [-0.4, -0.2) is 0 Å². The van der Waals surface area contributed by atoms with Crippen molar-refractivity contribution in [2.24, 2.45) is 0 Å². The van der Waals surface area contributed by atoms with Gasteiger partial charge in [0.05, 0.1) is 0 Å². The molecule has 0 fully saturated rings. The summed E-state index contributed by atoms with van der Waals surface area (Å²) < 4.78 is 12.1. The fourth-order valence-corrected chi connectivity index (χ4v) is 2.57. The summed E-state index contributed by atoms with van der Waals surface area (Å²) in [7, 11) is -1.85. The normalized spacial score (nSPS) is 14.1. The van der Waals surface area contributed by atoms with Gasteiger partial charge in [-0.25, -0.2) is 0 Å². The van der Waals surface area contributed by atoms with E-state index >= 15 is 0 Å². The van der Waals surface area contributed by atoms with E-state index in [4.69, 9.17) is 0 Å². The average Bonchev–Trinajstić information content (AvgIpc) is 2.31. The van der Waals surface area contributed by atoms with E-state index < -0.39 is 7.80 Å². The summed E-state index contributed by atoms with van der Waals surface area (Å²) >= 11 is 0. The van der Waals surface area contributed by atoms with Crippen molar-refractivity contribution in [1.82, 2.24) is 0 Å². The van der Waals surface area contributed by atoms with E-state index in [0.717, 1.165) is 10.6 Å². The molecule has 1 rings (SSSR count). The Bertz CT molecular complexity index is 402. The highest BCUT2D eigenvalue weighted by atomic mass is 31.1. The zero-order valence-electron chi connectivity index (χ0n) is 8.81. The third-order valence-electron chi connectivity index (χ3n) is 2.02. The molecule has 0 aromatic heterocycles. The van der Waals surface area contributed by atoms with Crippen LogP contribution in [0.4, 0.5) is 0 Å². The molecule has 0 N–H and O–H groups in total. The fraction of sp³-hybridized carbons (Fsp3) is 0.0769. The smallest absolute Gasteiger partial charge is 0.131 e. The maximum atomic E-state index is 12.1. The van der Waals surface area contributed by atoms with Crippen LogP contribution in [0.25, 0.3) is 0 Å². The van der Waals surface area contributed by atoms with Gasteiger partial charge >= 0.3 is 0 Å². The minimum atomic E-state index is -1.85. The molecule has 0 spiro atoms. The standard InChI is InChI=1S/C13H15OP/c1-3-5-9-12(4-2)15(14)13-10-7-6-8-11-13/h3-11,15H,1H2,2H3/b9-5-,12-4+. The second kappa shape index (κ2) is 6.21. The van der Waals surface area contributed by atoms with Crippen LogP contribution in [0, 0.1) is 0 Å². The first kappa shape index (κ1) is 11.7. The zero-order chi connectivity index (χ0) is 11.1. The molecular formula is C13H15OP. The Labute approximate surface area is 91.6 Å². The molecule has 1 unspecified atom stereocenters. The Morgan fingerprint density at radius 3 is 2.53 bits per heavy atom. The monoisotopic (exact) mass is 218 g/mol. The lowest BCUT2D eigenvalue weighted by Gasteiger charge is -2.02. The molecule has 78 valence electrons. The molecule has 0 amide bonds. The van der Waals surface area contributed by atoms with Crippen molar-refractivity contribution in [3.05, 3.63) is 66.5 Å². The van der Waals surface area contributed by atoms with Crippen molar-refractivity contribution in [3.63, 3.8) is 0 Å². The lowest BCUT2D eigenvalue weighted by molar-refractivity contribution is 0.597. The van der Waals surface area contributed by atoms with Crippen molar-refractivity contribution in [2.45, 2.75) is 6.92 Å². The summed E-state index contributed by atoms with van der Waals surface area (Å²) in [5.41, 5.74) is 0. The van der Waals surface area contributed by atoms with E-state index in [1.165, 1.54) is 0 Å². The highest BCUT2D eigenvalue weighted by Gasteiger charge is 2.04. The molecular weight excluding hydrogens is 203 g/mol. The summed E-state index contributed by atoms with van der Waals surface area (Å²) in [6.45, 7) is 5.49. The summed E-state index contributed by atoms with van der Waals surface area (Å²) in [6.07, 6.45) is 7.22. The van der Waals surface area contributed by atoms with Gasteiger partial charge in [0.15, 0.2) is 0 Å². The molecule has 0 aliphatic carbocycles. The van der Waals surface area contributed by atoms with Gasteiger partial charge in [0.1, 0.15) is 7.80 Å². The van der Waals surface area contributed by atoms with Crippen LogP contribution < -0.4 is 5.30 Å². The van der Waals surface area contributed by atoms with Gasteiger partial charge in [-0.05, 0) is 6.92 Å². The van der Waals surface area contributed by atoms with E-state index in [-0.39, 0.29) is 0 Å². The minimum absolute atomic E-state index is 0.867. The predicted molar refractivity (Wildman–Crippen MR) is 68.2 cm³/mol. The molecule has 0 bridgehead atoms. The maximum absolute atomic E-state index is 12.1. The van der Waals surface area contributed by atoms with Gasteiger partial charge in [-0.1, -0.05) is 61.2 Å². The molecule has 0 radical (unpaired) electrons. The maximum Gasteiger partial charge on any atom is 0.131 e.